The van der Waals surface area contributed by atoms with Gasteiger partial charge in [0.15, 0.2) is 0 Å². The maximum Gasteiger partial charge on any atom is 2.00 e. The Bertz CT molecular complexity index is 446. The molecular formula is C36H81Fe2N3+2. The van der Waals surface area contributed by atoms with E-state index in [0.29, 0.717) is 0 Å². The normalized spacial score (nSPS) is 18.1. The van der Waals surface area contributed by atoms with Gasteiger partial charge in [-0.2, -0.15) is 0 Å². The molecule has 0 atom stereocenters. The SMILES string of the molecule is C1CCCC1.C1CCCC1.CN(C)CC1CCCC1.C[N+](C)(C)CCC[N+](C)(C)CC1CCCC1.[CH3-].[CH3-].[CH3-].[CH3-].[Fe+2].[Fe+2]. The third kappa shape index (κ3) is 35.3. The molecule has 0 unspecified atom stereocenters. The molecule has 4 aliphatic carbocycles. The molecule has 0 spiro atoms. The molecule has 4 saturated carbocycles. The number of hydrogen-bond donors (Lipinski definition) is 0. The van der Waals surface area contributed by atoms with Crippen molar-refractivity contribution >= 4 is 0 Å². The Morgan fingerprint density at radius 2 is 0.805 bits per heavy atom. The van der Waals surface area contributed by atoms with Crippen LogP contribution in [-0.2, 0) is 34.1 Å². The van der Waals surface area contributed by atoms with Crippen molar-refractivity contribution in [3.8, 4) is 0 Å². The van der Waals surface area contributed by atoms with E-state index in [1.807, 2.05) is 0 Å². The number of quaternary nitrogens is 2. The van der Waals surface area contributed by atoms with Crippen molar-refractivity contribution < 1.29 is 43.1 Å². The van der Waals surface area contributed by atoms with E-state index >= 15 is 0 Å². The minimum absolute atomic E-state index is 0. The molecule has 3 nitrogen and oxygen atoms in total. The first-order valence-corrected chi connectivity index (χ1v) is 15.8. The number of nitrogens with zero attached hydrogens (tertiary/aromatic N) is 3. The molecule has 0 saturated heterocycles. The van der Waals surface area contributed by atoms with Gasteiger partial charge in [0.05, 0.1) is 54.9 Å². The molecule has 4 aliphatic rings. The van der Waals surface area contributed by atoms with Gasteiger partial charge in [0.2, 0.25) is 0 Å². The zero-order valence-electron chi connectivity index (χ0n) is 30.5. The quantitative estimate of drug-likeness (QED) is 0.142. The first-order chi connectivity index (χ1) is 16.6. The molecule has 0 amide bonds. The molecule has 5 heteroatoms. The van der Waals surface area contributed by atoms with Gasteiger partial charge in [-0.15, -0.1) is 0 Å². The van der Waals surface area contributed by atoms with E-state index < -0.39 is 0 Å². The Balaban J connectivity index is -0.000000105. The van der Waals surface area contributed by atoms with Crippen LogP contribution in [0, 0.1) is 41.5 Å². The first-order valence-electron chi connectivity index (χ1n) is 15.8. The predicted octanol–water partition coefficient (Wildman–Crippen LogP) is 9.78. The molecule has 4 fully saturated rings. The van der Waals surface area contributed by atoms with Crippen LogP contribution in [0.4, 0.5) is 0 Å². The number of rotatable bonds is 8. The van der Waals surface area contributed by atoms with Crippen LogP contribution >= 0.6 is 0 Å². The summed E-state index contributed by atoms with van der Waals surface area (Å²) in [5.74, 6) is 2.03. The third-order valence-electron chi connectivity index (χ3n) is 8.42. The van der Waals surface area contributed by atoms with Crippen molar-refractivity contribution in [2.24, 2.45) is 11.8 Å². The molecule has 4 rings (SSSR count). The summed E-state index contributed by atoms with van der Waals surface area (Å²) >= 11 is 0. The standard InChI is InChI=1S/C14H32N2.C8H17N.2C5H10.4CH3.2Fe/c1-15(2,3)11-8-12-16(4,5)13-14-9-6-7-10-14;1-9(2)7-8-5-3-4-6-8;2*1-2-4-5-3-1;;;;;;/h14H,6-13H2,1-5H3;8H,3-7H2,1-2H3;2*1-5H2;4*1H3;;/q+2;;;;4*-1;2*+2. The van der Waals surface area contributed by atoms with E-state index in [9.17, 15) is 0 Å². The van der Waals surface area contributed by atoms with Crippen molar-refractivity contribution in [2.75, 3.05) is 75.5 Å². The molecule has 254 valence electrons. The van der Waals surface area contributed by atoms with Crippen LogP contribution in [-0.4, -0.2) is 89.4 Å². The van der Waals surface area contributed by atoms with Gasteiger partial charge in [0.1, 0.15) is 0 Å². The van der Waals surface area contributed by atoms with Gasteiger partial charge in [-0.1, -0.05) is 89.9 Å². The van der Waals surface area contributed by atoms with Crippen LogP contribution in [0.1, 0.15) is 122 Å². The van der Waals surface area contributed by atoms with Crippen LogP contribution in [0.25, 0.3) is 0 Å². The Morgan fingerprint density at radius 1 is 0.488 bits per heavy atom. The predicted molar refractivity (Wildman–Crippen MR) is 184 cm³/mol. The zero-order valence-corrected chi connectivity index (χ0v) is 32.7. The third-order valence-corrected chi connectivity index (χ3v) is 8.42. The van der Waals surface area contributed by atoms with Crippen molar-refractivity contribution in [3.05, 3.63) is 29.7 Å². The summed E-state index contributed by atoms with van der Waals surface area (Å²) in [5.41, 5.74) is 0. The molecule has 0 N–H and O–H groups in total. The minimum Gasteiger partial charge on any atom is -0.358 e. The fourth-order valence-corrected chi connectivity index (χ4v) is 6.43. The molecule has 0 bridgehead atoms. The molecule has 0 heterocycles. The van der Waals surface area contributed by atoms with Crippen molar-refractivity contribution in [1.29, 1.82) is 0 Å². The molecule has 0 aromatic heterocycles. The zero-order chi connectivity index (χ0) is 26.0. The van der Waals surface area contributed by atoms with Crippen molar-refractivity contribution in [1.82, 2.24) is 4.90 Å². The second-order valence-electron chi connectivity index (χ2n) is 14.3. The summed E-state index contributed by atoms with van der Waals surface area (Å²) in [6.07, 6.45) is 28.2. The van der Waals surface area contributed by atoms with Crippen LogP contribution in [0.2, 0.25) is 0 Å². The summed E-state index contributed by atoms with van der Waals surface area (Å²) in [7, 11) is 16.0. The summed E-state index contributed by atoms with van der Waals surface area (Å²) in [5, 5.41) is 0. The summed E-state index contributed by atoms with van der Waals surface area (Å²) in [4.78, 5) is 2.30. The van der Waals surface area contributed by atoms with Gasteiger partial charge in [0.25, 0.3) is 0 Å². The molecule has 0 aromatic rings. The number of hydrogen-bond acceptors (Lipinski definition) is 1. The maximum atomic E-state index is 2.41. The second-order valence-corrected chi connectivity index (χ2v) is 14.3. The van der Waals surface area contributed by atoms with Gasteiger partial charge in [-0.05, 0) is 45.7 Å². The molecule has 0 aliphatic heterocycles. The van der Waals surface area contributed by atoms with Crippen molar-refractivity contribution in [2.45, 2.75) is 122 Å². The van der Waals surface area contributed by atoms with Crippen LogP contribution in [0.15, 0.2) is 0 Å². The van der Waals surface area contributed by atoms with Crippen LogP contribution < -0.4 is 0 Å². The molecular weight excluding hydrogens is 586 g/mol. The maximum absolute atomic E-state index is 2.41. The Hall–Kier alpha value is 0.919. The van der Waals surface area contributed by atoms with Gasteiger partial charge < -0.3 is 43.6 Å². The Labute approximate surface area is 285 Å². The molecule has 41 heavy (non-hydrogen) atoms. The van der Waals surface area contributed by atoms with Crippen LogP contribution in [0.3, 0.4) is 0 Å². The van der Waals surface area contributed by atoms with E-state index in [4.69, 9.17) is 0 Å². The first kappa shape index (κ1) is 54.4. The van der Waals surface area contributed by atoms with E-state index in [1.165, 1.54) is 153 Å². The fraction of sp³-hybridized carbons (Fsp3) is 0.889. The van der Waals surface area contributed by atoms with E-state index in [-0.39, 0.29) is 63.8 Å². The minimum atomic E-state index is 0. The van der Waals surface area contributed by atoms with Crippen molar-refractivity contribution in [3.63, 3.8) is 0 Å². The van der Waals surface area contributed by atoms with E-state index in [0.717, 1.165) is 16.3 Å². The molecule has 0 aromatic carbocycles. The topological polar surface area (TPSA) is 3.24 Å². The Morgan fingerprint density at radius 3 is 1.10 bits per heavy atom. The Kier molecular flexibility index (Phi) is 42.9. The molecule has 0 radical (unpaired) electrons. The van der Waals surface area contributed by atoms with E-state index in [2.05, 4.69) is 54.2 Å². The average molecular weight is 668 g/mol. The monoisotopic (exact) mass is 668 g/mol. The van der Waals surface area contributed by atoms with Gasteiger partial charge >= 0.3 is 34.1 Å². The van der Waals surface area contributed by atoms with Gasteiger partial charge in [-0.3, -0.25) is 0 Å². The van der Waals surface area contributed by atoms with Gasteiger partial charge in [-0.25, -0.2) is 0 Å². The average Bonchev–Trinajstić information content (AvgIpc) is 3.58. The summed E-state index contributed by atoms with van der Waals surface area (Å²) < 4.78 is 2.33. The second kappa shape index (κ2) is 32.3. The summed E-state index contributed by atoms with van der Waals surface area (Å²) in [6.45, 7) is 5.34. The van der Waals surface area contributed by atoms with E-state index in [1.54, 1.807) is 0 Å². The van der Waals surface area contributed by atoms with Crippen LogP contribution in [0.5, 0.6) is 0 Å². The summed E-state index contributed by atoms with van der Waals surface area (Å²) in [6, 6.07) is 0. The smallest absolute Gasteiger partial charge is 0.358 e. The largest absolute Gasteiger partial charge is 2.00 e. The van der Waals surface area contributed by atoms with Gasteiger partial charge in [0, 0.05) is 18.9 Å². The fourth-order valence-electron chi connectivity index (χ4n) is 6.43.